The van der Waals surface area contributed by atoms with Gasteiger partial charge in [0.25, 0.3) is 5.91 Å². The van der Waals surface area contributed by atoms with Crippen molar-refractivity contribution in [2.45, 2.75) is 51.5 Å². The second-order valence-corrected chi connectivity index (χ2v) is 6.23. The van der Waals surface area contributed by atoms with Gasteiger partial charge in [-0.15, -0.1) is 24.8 Å². The molecular weight excluding hydrogens is 369 g/mol. The summed E-state index contributed by atoms with van der Waals surface area (Å²) in [5.41, 5.74) is 5.61. The summed E-state index contributed by atoms with van der Waals surface area (Å²) in [4.78, 5) is 18.7. The molecule has 2 saturated heterocycles. The SMILES string of the molecule is Cc1nc(C)n(CC2CN(C(=O)[C@@H]3CC[C@H](CN)O3)CCO2)n1.Cl.Cl. The molecule has 0 saturated carbocycles. The molecule has 0 radical (unpaired) electrons. The standard InChI is InChI=1S/C15H25N5O3.2ClH/c1-10-17-11(2)20(18-10)9-13-8-19(5-6-22-13)15(21)14-4-3-12(7-16)23-14;;/h12-14H,3-9,16H2,1-2H3;2*1H/t12-,13?,14+;;/m1../s1. The van der Waals surface area contributed by atoms with E-state index in [1.54, 1.807) is 0 Å². The molecule has 0 spiro atoms. The van der Waals surface area contributed by atoms with Crippen molar-refractivity contribution in [3.8, 4) is 0 Å². The maximum absolute atomic E-state index is 12.6. The Balaban J connectivity index is 0.00000156. The molecule has 1 aromatic rings. The zero-order valence-electron chi connectivity index (χ0n) is 14.6. The van der Waals surface area contributed by atoms with Crippen molar-refractivity contribution in [3.05, 3.63) is 11.6 Å². The first-order valence-electron chi connectivity index (χ1n) is 8.20. The molecule has 2 fully saturated rings. The van der Waals surface area contributed by atoms with Crippen LogP contribution in [0.25, 0.3) is 0 Å². The molecular formula is C15H27Cl2N5O3. The number of aromatic nitrogens is 3. The fourth-order valence-electron chi connectivity index (χ4n) is 3.22. The van der Waals surface area contributed by atoms with Gasteiger partial charge in [-0.05, 0) is 26.7 Å². The number of hydrogen-bond donors (Lipinski definition) is 1. The van der Waals surface area contributed by atoms with Crippen LogP contribution in [0, 0.1) is 13.8 Å². The Morgan fingerprint density at radius 1 is 1.28 bits per heavy atom. The lowest BCUT2D eigenvalue weighted by Crippen LogP contribution is -2.50. The molecule has 0 bridgehead atoms. The molecule has 2 N–H and O–H groups in total. The molecule has 1 unspecified atom stereocenters. The molecule has 3 atom stereocenters. The number of nitrogens with two attached hydrogens (primary N) is 1. The van der Waals surface area contributed by atoms with Gasteiger partial charge in [-0.25, -0.2) is 9.67 Å². The number of halogens is 2. The lowest BCUT2D eigenvalue weighted by atomic mass is 10.1. The number of nitrogens with zero attached hydrogens (tertiary/aromatic N) is 4. The molecule has 10 heteroatoms. The largest absolute Gasteiger partial charge is 0.373 e. The Labute approximate surface area is 160 Å². The molecule has 2 aliphatic heterocycles. The van der Waals surface area contributed by atoms with E-state index in [0.29, 0.717) is 32.8 Å². The summed E-state index contributed by atoms with van der Waals surface area (Å²) >= 11 is 0. The average Bonchev–Trinajstić information content (AvgIpc) is 3.14. The van der Waals surface area contributed by atoms with E-state index in [9.17, 15) is 4.79 Å². The Bertz CT molecular complexity index is 571. The van der Waals surface area contributed by atoms with Gasteiger partial charge in [0.05, 0.1) is 25.4 Å². The lowest BCUT2D eigenvalue weighted by molar-refractivity contribution is -0.150. The summed E-state index contributed by atoms with van der Waals surface area (Å²) in [7, 11) is 0. The summed E-state index contributed by atoms with van der Waals surface area (Å²) in [6, 6.07) is 0. The van der Waals surface area contributed by atoms with Crippen LogP contribution in [-0.2, 0) is 20.8 Å². The number of morpholine rings is 1. The highest BCUT2D eigenvalue weighted by atomic mass is 35.5. The van der Waals surface area contributed by atoms with Crippen molar-refractivity contribution < 1.29 is 14.3 Å². The number of ether oxygens (including phenoxy) is 2. The highest BCUT2D eigenvalue weighted by Crippen LogP contribution is 2.22. The highest BCUT2D eigenvalue weighted by molar-refractivity contribution is 5.85. The van der Waals surface area contributed by atoms with E-state index in [4.69, 9.17) is 15.2 Å². The molecule has 8 nitrogen and oxygen atoms in total. The van der Waals surface area contributed by atoms with E-state index in [1.807, 2.05) is 23.4 Å². The molecule has 0 aliphatic carbocycles. The van der Waals surface area contributed by atoms with Crippen LogP contribution in [0.1, 0.15) is 24.5 Å². The van der Waals surface area contributed by atoms with Crippen LogP contribution in [0.3, 0.4) is 0 Å². The number of rotatable bonds is 4. The van der Waals surface area contributed by atoms with E-state index in [1.165, 1.54) is 0 Å². The minimum Gasteiger partial charge on any atom is -0.373 e. The quantitative estimate of drug-likeness (QED) is 0.795. The van der Waals surface area contributed by atoms with Gasteiger partial charge in [-0.3, -0.25) is 4.79 Å². The zero-order chi connectivity index (χ0) is 16.4. The summed E-state index contributed by atoms with van der Waals surface area (Å²) in [6.45, 7) is 6.57. The fourth-order valence-corrected chi connectivity index (χ4v) is 3.22. The monoisotopic (exact) mass is 395 g/mol. The Morgan fingerprint density at radius 3 is 2.64 bits per heavy atom. The zero-order valence-corrected chi connectivity index (χ0v) is 16.2. The first-order valence-corrected chi connectivity index (χ1v) is 8.20. The van der Waals surface area contributed by atoms with Gasteiger partial charge in [0.15, 0.2) is 0 Å². The Hall–Kier alpha value is -0.930. The molecule has 3 rings (SSSR count). The second-order valence-electron chi connectivity index (χ2n) is 6.23. The van der Waals surface area contributed by atoms with Crippen molar-refractivity contribution in [2.24, 2.45) is 5.73 Å². The van der Waals surface area contributed by atoms with Gasteiger partial charge < -0.3 is 20.1 Å². The van der Waals surface area contributed by atoms with Gasteiger partial charge in [0, 0.05) is 19.6 Å². The van der Waals surface area contributed by atoms with Crippen LogP contribution in [-0.4, -0.2) is 70.1 Å². The molecule has 1 amide bonds. The van der Waals surface area contributed by atoms with Crippen LogP contribution in [0.5, 0.6) is 0 Å². The number of hydrogen-bond acceptors (Lipinski definition) is 6. The van der Waals surface area contributed by atoms with Crippen LogP contribution < -0.4 is 5.73 Å². The number of aryl methyl sites for hydroxylation is 2. The van der Waals surface area contributed by atoms with Crippen LogP contribution >= 0.6 is 24.8 Å². The first-order chi connectivity index (χ1) is 11.1. The Morgan fingerprint density at radius 2 is 2.04 bits per heavy atom. The minimum atomic E-state index is -0.349. The van der Waals surface area contributed by atoms with Gasteiger partial charge in [-0.2, -0.15) is 5.10 Å². The third-order valence-corrected chi connectivity index (χ3v) is 4.44. The van der Waals surface area contributed by atoms with E-state index >= 15 is 0 Å². The minimum absolute atomic E-state index is 0. The van der Waals surface area contributed by atoms with Crippen LogP contribution in [0.15, 0.2) is 0 Å². The highest BCUT2D eigenvalue weighted by Gasteiger charge is 2.35. The van der Waals surface area contributed by atoms with Crippen LogP contribution in [0.2, 0.25) is 0 Å². The predicted molar refractivity (Wildman–Crippen MR) is 97.3 cm³/mol. The summed E-state index contributed by atoms with van der Waals surface area (Å²) in [6.07, 6.45) is 1.21. The molecule has 0 aromatic carbocycles. The third kappa shape index (κ3) is 5.27. The molecule has 3 heterocycles. The van der Waals surface area contributed by atoms with E-state index in [0.717, 1.165) is 24.5 Å². The van der Waals surface area contributed by atoms with Crippen molar-refractivity contribution in [3.63, 3.8) is 0 Å². The maximum atomic E-state index is 12.6. The molecule has 144 valence electrons. The summed E-state index contributed by atoms with van der Waals surface area (Å²) < 4.78 is 13.3. The van der Waals surface area contributed by atoms with E-state index in [2.05, 4.69) is 10.1 Å². The normalized spacial score (nSPS) is 26.0. The summed E-state index contributed by atoms with van der Waals surface area (Å²) in [5.74, 6) is 1.67. The predicted octanol–water partition coefficient (Wildman–Crippen LogP) is 0.472. The smallest absolute Gasteiger partial charge is 0.251 e. The van der Waals surface area contributed by atoms with Crippen molar-refractivity contribution in [1.29, 1.82) is 0 Å². The fraction of sp³-hybridized carbons (Fsp3) is 0.800. The summed E-state index contributed by atoms with van der Waals surface area (Å²) in [5, 5.41) is 4.36. The maximum Gasteiger partial charge on any atom is 0.251 e. The van der Waals surface area contributed by atoms with Crippen molar-refractivity contribution in [1.82, 2.24) is 19.7 Å². The van der Waals surface area contributed by atoms with Gasteiger partial charge in [-0.1, -0.05) is 0 Å². The average molecular weight is 396 g/mol. The number of carbonyl (C=O) groups excluding carboxylic acids is 1. The third-order valence-electron chi connectivity index (χ3n) is 4.44. The topological polar surface area (TPSA) is 95.5 Å². The molecule has 1 aromatic heterocycles. The number of amides is 1. The molecule has 2 aliphatic rings. The lowest BCUT2D eigenvalue weighted by Gasteiger charge is -2.34. The molecule has 25 heavy (non-hydrogen) atoms. The number of carbonyl (C=O) groups is 1. The van der Waals surface area contributed by atoms with E-state index < -0.39 is 0 Å². The van der Waals surface area contributed by atoms with Crippen LogP contribution in [0.4, 0.5) is 0 Å². The first kappa shape index (κ1) is 22.1. The van der Waals surface area contributed by atoms with Gasteiger partial charge in [0.2, 0.25) is 0 Å². The van der Waals surface area contributed by atoms with Gasteiger partial charge >= 0.3 is 0 Å². The van der Waals surface area contributed by atoms with Crippen molar-refractivity contribution in [2.75, 3.05) is 26.2 Å². The van der Waals surface area contributed by atoms with E-state index in [-0.39, 0.29) is 49.0 Å². The Kier molecular flexibility index (Phi) is 8.56. The van der Waals surface area contributed by atoms with Gasteiger partial charge in [0.1, 0.15) is 17.8 Å². The van der Waals surface area contributed by atoms with Crippen molar-refractivity contribution >= 4 is 30.7 Å². The second kappa shape index (κ2) is 9.68.